The second-order valence-electron chi connectivity index (χ2n) is 6.07. The van der Waals surface area contributed by atoms with Crippen LogP contribution in [0.4, 0.5) is 0 Å². The van der Waals surface area contributed by atoms with Crippen molar-refractivity contribution >= 4 is 5.91 Å². The lowest BCUT2D eigenvalue weighted by molar-refractivity contribution is -0.130. The fourth-order valence-electron chi connectivity index (χ4n) is 1.70. The number of likely N-dealkylation sites (tertiary alicyclic amines) is 1. The van der Waals surface area contributed by atoms with Crippen LogP contribution in [0.25, 0.3) is 0 Å². The largest absolute Gasteiger partial charge is 0.350 e. The van der Waals surface area contributed by atoms with Crippen LogP contribution in [0.5, 0.6) is 0 Å². The minimum Gasteiger partial charge on any atom is -0.350 e. The van der Waals surface area contributed by atoms with Crippen molar-refractivity contribution in [2.24, 2.45) is 5.41 Å². The van der Waals surface area contributed by atoms with Crippen LogP contribution < -0.4 is 5.32 Å². The van der Waals surface area contributed by atoms with E-state index in [0.29, 0.717) is 0 Å². The lowest BCUT2D eigenvalue weighted by Crippen LogP contribution is -2.55. The molecule has 1 fully saturated rings. The SMILES string of the molecule is CN1CCC(C)(NC(=O)C(C)(C)C)CC1. The molecule has 1 saturated heterocycles. The maximum Gasteiger partial charge on any atom is 0.225 e. The zero-order chi connectivity index (χ0) is 11.7. The Balaban J connectivity index is 2.54. The third-order valence-electron chi connectivity index (χ3n) is 3.19. The first-order chi connectivity index (χ1) is 6.73. The Morgan fingerprint density at radius 1 is 1.27 bits per heavy atom. The van der Waals surface area contributed by atoms with Crippen molar-refractivity contribution in [2.75, 3.05) is 20.1 Å². The lowest BCUT2D eigenvalue weighted by Gasteiger charge is -2.40. The quantitative estimate of drug-likeness (QED) is 0.716. The minimum atomic E-state index is -0.285. The van der Waals surface area contributed by atoms with Crippen LogP contribution in [-0.4, -0.2) is 36.5 Å². The minimum absolute atomic E-state index is 0.00310. The summed E-state index contributed by atoms with van der Waals surface area (Å²) < 4.78 is 0. The Morgan fingerprint density at radius 3 is 2.13 bits per heavy atom. The van der Waals surface area contributed by atoms with Gasteiger partial charge < -0.3 is 10.2 Å². The van der Waals surface area contributed by atoms with Crippen LogP contribution in [0.1, 0.15) is 40.5 Å². The fraction of sp³-hybridized carbons (Fsp3) is 0.917. The molecule has 0 saturated carbocycles. The van der Waals surface area contributed by atoms with Gasteiger partial charge in [-0.15, -0.1) is 0 Å². The van der Waals surface area contributed by atoms with Crippen molar-refractivity contribution in [3.05, 3.63) is 0 Å². The molecule has 3 nitrogen and oxygen atoms in total. The van der Waals surface area contributed by atoms with E-state index in [4.69, 9.17) is 0 Å². The Hall–Kier alpha value is -0.570. The third kappa shape index (κ3) is 3.49. The van der Waals surface area contributed by atoms with E-state index >= 15 is 0 Å². The molecule has 3 heteroatoms. The van der Waals surface area contributed by atoms with E-state index in [9.17, 15) is 4.79 Å². The van der Waals surface area contributed by atoms with Gasteiger partial charge in [0, 0.05) is 24.0 Å². The summed E-state index contributed by atoms with van der Waals surface area (Å²) in [5, 5.41) is 3.19. The van der Waals surface area contributed by atoms with Crippen LogP contribution in [-0.2, 0) is 4.79 Å². The van der Waals surface area contributed by atoms with Gasteiger partial charge in [0.25, 0.3) is 0 Å². The van der Waals surface area contributed by atoms with Gasteiger partial charge in [0.15, 0.2) is 0 Å². The first-order valence-electron chi connectivity index (χ1n) is 5.74. The normalized spacial score (nSPS) is 22.5. The molecule has 1 aliphatic heterocycles. The third-order valence-corrected chi connectivity index (χ3v) is 3.19. The van der Waals surface area contributed by atoms with Crippen molar-refractivity contribution in [3.8, 4) is 0 Å². The number of piperidine rings is 1. The van der Waals surface area contributed by atoms with Gasteiger partial charge in [0.1, 0.15) is 0 Å². The molecule has 1 amide bonds. The van der Waals surface area contributed by atoms with Crippen molar-refractivity contribution in [2.45, 2.75) is 46.1 Å². The molecule has 88 valence electrons. The number of hydrogen-bond donors (Lipinski definition) is 1. The van der Waals surface area contributed by atoms with Crippen LogP contribution in [0, 0.1) is 5.41 Å². The van der Waals surface area contributed by atoms with E-state index in [1.54, 1.807) is 0 Å². The molecule has 1 aliphatic rings. The standard InChI is InChI=1S/C12H24N2O/c1-11(2,3)10(15)13-12(4)6-8-14(5)9-7-12/h6-9H2,1-5H3,(H,13,15). The average Bonchev–Trinajstić information content (AvgIpc) is 2.09. The van der Waals surface area contributed by atoms with Crippen LogP contribution in [0.3, 0.4) is 0 Å². The first kappa shape index (κ1) is 12.5. The molecule has 0 aromatic heterocycles. The summed E-state index contributed by atoms with van der Waals surface area (Å²) in [7, 11) is 2.13. The molecule has 0 aliphatic carbocycles. The highest BCUT2D eigenvalue weighted by Gasteiger charge is 2.33. The Morgan fingerprint density at radius 2 is 1.73 bits per heavy atom. The van der Waals surface area contributed by atoms with Gasteiger partial charge in [0.05, 0.1) is 0 Å². The molecule has 0 unspecified atom stereocenters. The first-order valence-corrected chi connectivity index (χ1v) is 5.74. The Kier molecular flexibility index (Phi) is 3.44. The highest BCUT2D eigenvalue weighted by Crippen LogP contribution is 2.23. The molecule has 0 spiro atoms. The van der Waals surface area contributed by atoms with E-state index in [1.165, 1.54) is 0 Å². The summed E-state index contributed by atoms with van der Waals surface area (Å²) in [6, 6.07) is 0. The second kappa shape index (κ2) is 4.12. The number of amides is 1. The fourth-order valence-corrected chi connectivity index (χ4v) is 1.70. The van der Waals surface area contributed by atoms with Crippen molar-refractivity contribution in [1.82, 2.24) is 10.2 Å². The zero-order valence-electron chi connectivity index (χ0n) is 10.7. The second-order valence-corrected chi connectivity index (χ2v) is 6.07. The molecule has 0 aromatic carbocycles. The molecule has 0 atom stereocenters. The molecule has 1 N–H and O–H groups in total. The van der Waals surface area contributed by atoms with Gasteiger partial charge in [-0.2, -0.15) is 0 Å². The number of nitrogens with one attached hydrogen (secondary N) is 1. The lowest BCUT2D eigenvalue weighted by atomic mass is 9.87. The monoisotopic (exact) mass is 212 g/mol. The maximum absolute atomic E-state index is 11.9. The summed E-state index contributed by atoms with van der Waals surface area (Å²) in [4.78, 5) is 14.2. The van der Waals surface area contributed by atoms with E-state index in [-0.39, 0.29) is 16.9 Å². The maximum atomic E-state index is 11.9. The number of carbonyl (C=O) groups is 1. The van der Waals surface area contributed by atoms with Crippen LogP contribution >= 0.6 is 0 Å². The summed E-state index contributed by atoms with van der Waals surface area (Å²) in [5.74, 6) is 0.162. The van der Waals surface area contributed by atoms with Gasteiger partial charge in [-0.1, -0.05) is 20.8 Å². The topological polar surface area (TPSA) is 32.3 Å². The number of nitrogens with zero attached hydrogens (tertiary/aromatic N) is 1. The van der Waals surface area contributed by atoms with Crippen molar-refractivity contribution < 1.29 is 4.79 Å². The predicted molar refractivity (Wildman–Crippen MR) is 62.7 cm³/mol. The molecular formula is C12H24N2O. The highest BCUT2D eigenvalue weighted by molar-refractivity contribution is 5.82. The summed E-state index contributed by atoms with van der Waals surface area (Å²) in [6.45, 7) is 10.2. The van der Waals surface area contributed by atoms with Gasteiger partial charge in [-0.25, -0.2) is 0 Å². The summed E-state index contributed by atoms with van der Waals surface area (Å²) in [5.41, 5.74) is -0.288. The molecule has 0 radical (unpaired) electrons. The zero-order valence-corrected chi connectivity index (χ0v) is 10.7. The van der Waals surface area contributed by atoms with Gasteiger partial charge in [0.2, 0.25) is 5.91 Å². The molecule has 0 bridgehead atoms. The predicted octanol–water partition coefficient (Wildman–Crippen LogP) is 1.63. The smallest absolute Gasteiger partial charge is 0.225 e. The highest BCUT2D eigenvalue weighted by atomic mass is 16.2. The van der Waals surface area contributed by atoms with Gasteiger partial charge in [-0.3, -0.25) is 4.79 Å². The Bertz CT molecular complexity index is 234. The molecule has 15 heavy (non-hydrogen) atoms. The number of carbonyl (C=O) groups excluding carboxylic acids is 1. The summed E-state index contributed by atoms with van der Waals surface area (Å²) in [6.07, 6.45) is 2.09. The molecular weight excluding hydrogens is 188 g/mol. The number of hydrogen-bond acceptors (Lipinski definition) is 2. The van der Waals surface area contributed by atoms with E-state index < -0.39 is 0 Å². The van der Waals surface area contributed by atoms with E-state index in [0.717, 1.165) is 25.9 Å². The van der Waals surface area contributed by atoms with Gasteiger partial charge in [-0.05, 0) is 26.8 Å². The van der Waals surface area contributed by atoms with Crippen LogP contribution in [0.2, 0.25) is 0 Å². The molecule has 1 rings (SSSR count). The van der Waals surface area contributed by atoms with Crippen molar-refractivity contribution in [1.29, 1.82) is 0 Å². The molecule has 1 heterocycles. The van der Waals surface area contributed by atoms with E-state index in [1.807, 2.05) is 20.8 Å². The summed E-state index contributed by atoms with van der Waals surface area (Å²) >= 11 is 0. The molecule has 0 aromatic rings. The van der Waals surface area contributed by atoms with E-state index in [2.05, 4.69) is 24.2 Å². The van der Waals surface area contributed by atoms with Gasteiger partial charge >= 0.3 is 0 Å². The van der Waals surface area contributed by atoms with Crippen molar-refractivity contribution in [3.63, 3.8) is 0 Å². The average molecular weight is 212 g/mol. The Labute approximate surface area is 93.2 Å². The number of rotatable bonds is 1. The van der Waals surface area contributed by atoms with Crippen LogP contribution in [0.15, 0.2) is 0 Å².